The van der Waals surface area contributed by atoms with E-state index in [2.05, 4.69) is 61.9 Å². The molecular weight excluding hydrogens is 268 g/mol. The third-order valence-corrected chi connectivity index (χ3v) is 3.32. The second-order valence-electron chi connectivity index (χ2n) is 4.88. The zero-order chi connectivity index (χ0) is 11.6. The Balaban J connectivity index is 3.21. The van der Waals surface area contributed by atoms with Crippen molar-refractivity contribution in [1.29, 1.82) is 0 Å². The molecule has 15 heavy (non-hydrogen) atoms. The molecule has 1 radical (unpaired) electrons. The summed E-state index contributed by atoms with van der Waals surface area (Å²) in [4.78, 5) is 0. The van der Waals surface area contributed by atoms with E-state index in [9.17, 15) is 0 Å². The van der Waals surface area contributed by atoms with E-state index in [1.54, 1.807) is 0 Å². The number of hydrogen-bond acceptors (Lipinski definition) is 1. The third kappa shape index (κ3) is 3.35. The lowest BCUT2D eigenvalue weighted by Crippen LogP contribution is -2.18. The van der Waals surface area contributed by atoms with Crippen LogP contribution in [0.25, 0.3) is 0 Å². The van der Waals surface area contributed by atoms with E-state index >= 15 is 0 Å². The van der Waals surface area contributed by atoms with Crippen LogP contribution in [0.2, 0.25) is 13.1 Å². The quantitative estimate of drug-likeness (QED) is 0.733. The van der Waals surface area contributed by atoms with Crippen LogP contribution < -0.4 is 4.43 Å². The minimum absolute atomic E-state index is 0.121. The van der Waals surface area contributed by atoms with Crippen LogP contribution in [0.5, 0.6) is 5.75 Å². The van der Waals surface area contributed by atoms with Crippen LogP contribution in [0.3, 0.4) is 0 Å². The molecule has 0 atom stereocenters. The molecule has 0 fully saturated rings. The van der Waals surface area contributed by atoms with Gasteiger partial charge in [-0.15, -0.1) is 0 Å². The Morgan fingerprint density at radius 1 is 1.20 bits per heavy atom. The second-order valence-corrected chi connectivity index (χ2v) is 7.75. The zero-order valence-corrected chi connectivity index (χ0v) is 12.6. The molecule has 1 aromatic carbocycles. The van der Waals surface area contributed by atoms with Crippen LogP contribution in [0.4, 0.5) is 0 Å². The largest absolute Gasteiger partial charge is 0.542 e. The number of halogens is 1. The normalized spacial score (nSPS) is 11.9. The molecule has 0 aliphatic heterocycles. The molecule has 0 heterocycles. The van der Waals surface area contributed by atoms with Gasteiger partial charge in [0.15, 0.2) is 0 Å². The molecule has 0 bridgehead atoms. The van der Waals surface area contributed by atoms with Crippen molar-refractivity contribution in [3.8, 4) is 5.75 Å². The lowest BCUT2D eigenvalue weighted by atomic mass is 9.86. The van der Waals surface area contributed by atoms with Gasteiger partial charge in [0.1, 0.15) is 5.75 Å². The average Bonchev–Trinajstić information content (AvgIpc) is 2.05. The Morgan fingerprint density at radius 2 is 1.80 bits per heavy atom. The molecule has 0 amide bonds. The van der Waals surface area contributed by atoms with Crippen molar-refractivity contribution in [3.63, 3.8) is 0 Å². The van der Waals surface area contributed by atoms with Crippen LogP contribution in [0.1, 0.15) is 26.3 Å². The van der Waals surface area contributed by atoms with Crippen LogP contribution in [0, 0.1) is 0 Å². The maximum absolute atomic E-state index is 5.96. The van der Waals surface area contributed by atoms with Crippen molar-refractivity contribution < 1.29 is 4.43 Å². The highest BCUT2D eigenvalue weighted by atomic mass is 79.9. The van der Waals surface area contributed by atoms with Gasteiger partial charge in [-0.2, -0.15) is 0 Å². The van der Waals surface area contributed by atoms with Gasteiger partial charge in [-0.05, 0) is 46.1 Å². The first-order chi connectivity index (χ1) is 6.82. The predicted octanol–water partition coefficient (Wildman–Crippen LogP) is 4.38. The Hall–Kier alpha value is -0.283. The van der Waals surface area contributed by atoms with Crippen LogP contribution in [-0.4, -0.2) is 9.04 Å². The first-order valence-corrected chi connectivity index (χ1v) is 8.29. The standard InChI is InChI=1S/C12H18BrOSi/c1-12(2,3)9-7-6-8-10(13)11(9)14-15(4)5/h6-8H,1-5H3. The van der Waals surface area contributed by atoms with Crippen molar-refractivity contribution in [2.24, 2.45) is 0 Å². The van der Waals surface area contributed by atoms with Gasteiger partial charge >= 0.3 is 0 Å². The number of rotatable bonds is 2. The van der Waals surface area contributed by atoms with Gasteiger partial charge in [0.25, 0.3) is 9.04 Å². The molecule has 1 nitrogen and oxygen atoms in total. The third-order valence-electron chi connectivity index (χ3n) is 2.08. The first kappa shape index (κ1) is 12.8. The Bertz CT molecular complexity index is 342. The summed E-state index contributed by atoms with van der Waals surface area (Å²) in [5, 5.41) is 0. The average molecular weight is 286 g/mol. The van der Waals surface area contributed by atoms with Gasteiger partial charge in [0, 0.05) is 0 Å². The molecule has 1 aromatic rings. The Labute approximate surface area is 103 Å². The molecule has 3 heteroatoms. The summed E-state index contributed by atoms with van der Waals surface area (Å²) in [5.74, 6) is 1.02. The fraction of sp³-hybridized carbons (Fsp3) is 0.500. The predicted molar refractivity (Wildman–Crippen MR) is 71.0 cm³/mol. The molecule has 0 saturated heterocycles. The number of benzene rings is 1. The molecule has 0 N–H and O–H groups in total. The van der Waals surface area contributed by atoms with Crippen molar-refractivity contribution in [1.82, 2.24) is 0 Å². The molecule has 0 aromatic heterocycles. The van der Waals surface area contributed by atoms with E-state index in [0.29, 0.717) is 0 Å². The molecule has 0 aliphatic carbocycles. The summed E-state index contributed by atoms with van der Waals surface area (Å²) in [6.45, 7) is 10.9. The fourth-order valence-corrected chi connectivity index (χ4v) is 2.63. The van der Waals surface area contributed by atoms with Crippen molar-refractivity contribution in [2.45, 2.75) is 39.3 Å². The van der Waals surface area contributed by atoms with Crippen LogP contribution >= 0.6 is 15.9 Å². The summed E-state index contributed by atoms with van der Waals surface area (Å²) >= 11 is 3.56. The lowest BCUT2D eigenvalue weighted by Gasteiger charge is -2.24. The number of para-hydroxylation sites is 1. The lowest BCUT2D eigenvalue weighted by molar-refractivity contribution is 0.518. The van der Waals surface area contributed by atoms with Crippen molar-refractivity contribution >= 4 is 25.0 Å². The second kappa shape index (κ2) is 4.70. The first-order valence-electron chi connectivity index (χ1n) is 5.09. The maximum Gasteiger partial charge on any atom is 0.274 e. The minimum atomic E-state index is -0.721. The van der Waals surface area contributed by atoms with Crippen LogP contribution in [0.15, 0.2) is 22.7 Å². The molecule has 0 spiro atoms. The van der Waals surface area contributed by atoms with E-state index in [0.717, 1.165) is 10.2 Å². The number of hydrogen-bond donors (Lipinski definition) is 0. The summed E-state index contributed by atoms with van der Waals surface area (Å²) in [6.07, 6.45) is 0. The van der Waals surface area contributed by atoms with E-state index < -0.39 is 9.04 Å². The molecule has 1 rings (SSSR count). The van der Waals surface area contributed by atoms with Gasteiger partial charge in [0.2, 0.25) is 0 Å². The highest BCUT2D eigenvalue weighted by Gasteiger charge is 2.21. The highest BCUT2D eigenvalue weighted by Crippen LogP contribution is 2.37. The molecule has 0 aliphatic rings. The topological polar surface area (TPSA) is 9.23 Å². The van der Waals surface area contributed by atoms with E-state index in [4.69, 9.17) is 4.43 Å². The van der Waals surface area contributed by atoms with E-state index in [1.807, 2.05) is 6.07 Å². The summed E-state index contributed by atoms with van der Waals surface area (Å²) in [7, 11) is -0.721. The van der Waals surface area contributed by atoms with Crippen LogP contribution in [-0.2, 0) is 5.41 Å². The van der Waals surface area contributed by atoms with Gasteiger partial charge in [-0.1, -0.05) is 32.9 Å². The summed E-state index contributed by atoms with van der Waals surface area (Å²) in [5.41, 5.74) is 1.39. The molecule has 83 valence electrons. The molecule has 0 unspecified atom stereocenters. The Kier molecular flexibility index (Phi) is 4.01. The minimum Gasteiger partial charge on any atom is -0.542 e. The maximum atomic E-state index is 5.96. The van der Waals surface area contributed by atoms with Gasteiger partial charge in [-0.3, -0.25) is 0 Å². The van der Waals surface area contributed by atoms with Gasteiger partial charge < -0.3 is 4.43 Å². The SMILES string of the molecule is C[Si](C)Oc1c(Br)cccc1C(C)(C)C. The van der Waals surface area contributed by atoms with E-state index in [-0.39, 0.29) is 5.41 Å². The van der Waals surface area contributed by atoms with Crippen molar-refractivity contribution in [2.75, 3.05) is 0 Å². The smallest absolute Gasteiger partial charge is 0.274 e. The summed E-state index contributed by atoms with van der Waals surface area (Å²) < 4.78 is 7.01. The zero-order valence-electron chi connectivity index (χ0n) is 10.0. The summed E-state index contributed by atoms with van der Waals surface area (Å²) in [6, 6.07) is 6.25. The van der Waals surface area contributed by atoms with E-state index in [1.165, 1.54) is 5.56 Å². The Morgan fingerprint density at radius 3 is 2.27 bits per heavy atom. The fourth-order valence-electron chi connectivity index (χ4n) is 1.41. The molecular formula is C12H18BrOSi. The molecule has 0 saturated carbocycles. The van der Waals surface area contributed by atoms with Gasteiger partial charge in [0.05, 0.1) is 4.47 Å². The highest BCUT2D eigenvalue weighted by molar-refractivity contribution is 9.10. The van der Waals surface area contributed by atoms with Gasteiger partial charge in [-0.25, -0.2) is 0 Å². The van der Waals surface area contributed by atoms with Crippen molar-refractivity contribution in [3.05, 3.63) is 28.2 Å². The monoisotopic (exact) mass is 285 g/mol.